The highest BCUT2D eigenvalue weighted by Crippen LogP contribution is 2.36. The van der Waals surface area contributed by atoms with E-state index in [1.54, 1.807) is 23.7 Å². The smallest absolute Gasteiger partial charge is 0.280 e. The van der Waals surface area contributed by atoms with E-state index in [9.17, 15) is 10.0 Å². The average molecular weight is 399 g/mol. The summed E-state index contributed by atoms with van der Waals surface area (Å²) < 4.78 is 11.8. The van der Waals surface area contributed by atoms with Crippen LogP contribution >= 0.6 is 0 Å². The van der Waals surface area contributed by atoms with Crippen LogP contribution < -0.4 is 19.9 Å². The van der Waals surface area contributed by atoms with Gasteiger partial charge in [-0.2, -0.15) is 0 Å². The molecular weight excluding hydrogens is 376 g/mol. The van der Waals surface area contributed by atoms with Crippen LogP contribution in [0.3, 0.4) is 0 Å². The average Bonchev–Trinajstić information content (AvgIpc) is 3.23. The summed E-state index contributed by atoms with van der Waals surface area (Å²) in [5.74, 6) is 0.937. The highest BCUT2D eigenvalue weighted by Gasteiger charge is 2.29. The minimum Gasteiger partial charge on any atom is -0.454 e. The van der Waals surface area contributed by atoms with Gasteiger partial charge in [0.15, 0.2) is 18.2 Å². The van der Waals surface area contributed by atoms with Gasteiger partial charge in [-0.3, -0.25) is 20.1 Å². The Bertz CT molecular complexity index is 940. The molecular formula is C20H23N4O5+. The second kappa shape index (κ2) is 7.98. The van der Waals surface area contributed by atoms with Gasteiger partial charge in [0.05, 0.1) is 5.56 Å². The van der Waals surface area contributed by atoms with E-state index < -0.39 is 5.91 Å². The molecule has 1 amide bonds. The zero-order valence-electron chi connectivity index (χ0n) is 15.9. The number of amides is 1. The fraction of sp³-hybridized carbons (Fsp3) is 0.300. The molecule has 4 rings (SSSR count). The number of anilines is 1. The SMILES string of the molecule is C=[N+](O)c1cccc(C(=O)NO)c1N1CCN(Cc2cccc3c2OCO3)CC1. The van der Waals surface area contributed by atoms with Gasteiger partial charge in [0, 0.05) is 49.1 Å². The van der Waals surface area contributed by atoms with Crippen LogP contribution in [0.1, 0.15) is 15.9 Å². The Balaban J connectivity index is 1.51. The van der Waals surface area contributed by atoms with Gasteiger partial charge in [-0.15, -0.1) is 0 Å². The Hall–Kier alpha value is -3.30. The first-order valence-electron chi connectivity index (χ1n) is 9.30. The van der Waals surface area contributed by atoms with Crippen molar-refractivity contribution in [2.45, 2.75) is 6.54 Å². The predicted octanol–water partition coefficient (Wildman–Crippen LogP) is 1.59. The number of nitrogens with one attached hydrogen (secondary N) is 1. The largest absolute Gasteiger partial charge is 0.454 e. The van der Waals surface area contributed by atoms with Crippen LogP contribution in [0.5, 0.6) is 11.5 Å². The Morgan fingerprint density at radius 2 is 1.90 bits per heavy atom. The van der Waals surface area contributed by atoms with Crippen molar-refractivity contribution in [2.75, 3.05) is 37.9 Å². The lowest BCUT2D eigenvalue weighted by Gasteiger charge is -2.36. The summed E-state index contributed by atoms with van der Waals surface area (Å²) in [5.41, 5.74) is 3.95. The van der Waals surface area contributed by atoms with E-state index in [4.69, 9.17) is 14.7 Å². The summed E-state index contributed by atoms with van der Waals surface area (Å²) in [5, 5.41) is 19.0. The summed E-state index contributed by atoms with van der Waals surface area (Å²) in [6, 6.07) is 10.8. The second-order valence-corrected chi connectivity index (χ2v) is 6.93. The number of benzene rings is 2. The van der Waals surface area contributed by atoms with Crippen LogP contribution in [-0.2, 0) is 6.54 Å². The van der Waals surface area contributed by atoms with Crippen molar-refractivity contribution in [3.05, 3.63) is 47.5 Å². The molecule has 0 unspecified atom stereocenters. The molecule has 0 aromatic heterocycles. The van der Waals surface area contributed by atoms with Crippen LogP contribution in [0.25, 0.3) is 0 Å². The maximum Gasteiger partial charge on any atom is 0.280 e. The predicted molar refractivity (Wildman–Crippen MR) is 105 cm³/mol. The van der Waals surface area contributed by atoms with E-state index in [0.717, 1.165) is 41.4 Å². The molecule has 152 valence electrons. The summed E-state index contributed by atoms with van der Waals surface area (Å²) in [7, 11) is 0. The number of hydroxylamine groups is 1. The molecule has 1 saturated heterocycles. The van der Waals surface area contributed by atoms with Gasteiger partial charge >= 0.3 is 0 Å². The van der Waals surface area contributed by atoms with Crippen LogP contribution in [0.15, 0.2) is 36.4 Å². The fourth-order valence-electron chi connectivity index (χ4n) is 3.80. The van der Waals surface area contributed by atoms with Gasteiger partial charge in [-0.1, -0.05) is 18.2 Å². The van der Waals surface area contributed by atoms with Crippen molar-refractivity contribution in [2.24, 2.45) is 0 Å². The van der Waals surface area contributed by atoms with E-state index in [1.165, 1.54) is 0 Å². The molecule has 9 nitrogen and oxygen atoms in total. The molecule has 0 bridgehead atoms. The van der Waals surface area contributed by atoms with E-state index in [-0.39, 0.29) is 12.4 Å². The summed E-state index contributed by atoms with van der Waals surface area (Å²) in [6.07, 6.45) is 0. The molecule has 0 aliphatic carbocycles. The number of fused-ring (bicyclic) bond motifs is 1. The first-order chi connectivity index (χ1) is 14.1. The molecule has 2 aromatic carbocycles. The summed E-state index contributed by atoms with van der Waals surface area (Å²) in [4.78, 5) is 16.4. The number of hydrogen-bond acceptors (Lipinski definition) is 7. The monoisotopic (exact) mass is 399 g/mol. The molecule has 3 N–H and O–H groups in total. The van der Waals surface area contributed by atoms with Crippen LogP contribution in [0.2, 0.25) is 0 Å². The number of hydrogen-bond donors (Lipinski definition) is 3. The zero-order valence-corrected chi connectivity index (χ0v) is 15.9. The number of nitrogens with zero attached hydrogens (tertiary/aromatic N) is 3. The number of para-hydroxylation sites is 2. The lowest BCUT2D eigenvalue weighted by molar-refractivity contribution is -0.706. The number of carbonyl (C=O) groups is 1. The Labute approximate surface area is 167 Å². The normalized spacial score (nSPS) is 16.0. The minimum atomic E-state index is -0.636. The van der Waals surface area contributed by atoms with Crippen LogP contribution in [0.4, 0.5) is 11.4 Å². The van der Waals surface area contributed by atoms with Crippen molar-refractivity contribution >= 4 is 24.0 Å². The number of ether oxygens (including phenoxy) is 2. The Morgan fingerprint density at radius 1 is 1.14 bits per heavy atom. The Kier molecular flexibility index (Phi) is 5.24. The molecule has 1 fully saturated rings. The van der Waals surface area contributed by atoms with Crippen molar-refractivity contribution in [1.29, 1.82) is 0 Å². The molecule has 2 heterocycles. The minimum absolute atomic E-state index is 0.245. The fourth-order valence-corrected chi connectivity index (χ4v) is 3.80. The van der Waals surface area contributed by atoms with Gasteiger partial charge < -0.3 is 14.4 Å². The van der Waals surface area contributed by atoms with E-state index >= 15 is 0 Å². The van der Waals surface area contributed by atoms with Crippen LogP contribution in [0, 0.1) is 0 Å². The maximum atomic E-state index is 12.1. The lowest BCUT2D eigenvalue weighted by atomic mass is 10.1. The van der Waals surface area contributed by atoms with Crippen molar-refractivity contribution in [1.82, 2.24) is 10.4 Å². The standard InChI is InChI=1S/C20H22N4O5/c1-22(27)16-6-3-5-15(20(25)21-26)18(16)24-10-8-23(9-11-24)12-14-4-2-7-17-19(14)29-13-28-17/h2-7H,1,8-13H2,(H2-,21,25,26,27)/p+1. The molecule has 2 aliphatic rings. The van der Waals surface area contributed by atoms with Gasteiger partial charge in [0.2, 0.25) is 6.79 Å². The summed E-state index contributed by atoms with van der Waals surface area (Å²) >= 11 is 0. The van der Waals surface area contributed by atoms with Gasteiger partial charge in [-0.05, 0) is 12.1 Å². The first kappa shape index (κ1) is 19.0. The third kappa shape index (κ3) is 3.69. The zero-order chi connectivity index (χ0) is 20.4. The topological polar surface area (TPSA) is 97.5 Å². The van der Waals surface area contributed by atoms with E-state index in [1.807, 2.05) is 23.1 Å². The molecule has 9 heteroatoms. The molecule has 2 aliphatic heterocycles. The molecule has 0 atom stereocenters. The Morgan fingerprint density at radius 3 is 2.62 bits per heavy atom. The summed E-state index contributed by atoms with van der Waals surface area (Å²) in [6.45, 7) is 7.29. The lowest BCUT2D eigenvalue weighted by Crippen LogP contribution is -2.46. The molecule has 29 heavy (non-hydrogen) atoms. The van der Waals surface area contributed by atoms with Crippen LogP contribution in [-0.4, -0.2) is 65.6 Å². The maximum absolute atomic E-state index is 12.1. The third-order valence-electron chi connectivity index (χ3n) is 5.20. The highest BCUT2D eigenvalue weighted by molar-refractivity contribution is 6.01. The van der Waals surface area contributed by atoms with E-state index in [0.29, 0.717) is 24.5 Å². The van der Waals surface area contributed by atoms with Gasteiger partial charge in [0.1, 0.15) is 5.69 Å². The molecule has 0 saturated carbocycles. The molecule has 0 spiro atoms. The van der Waals surface area contributed by atoms with Gasteiger partial charge in [0.25, 0.3) is 11.6 Å². The quantitative estimate of drug-likeness (QED) is 0.231. The number of carbonyl (C=O) groups excluding carboxylic acids is 1. The first-order valence-corrected chi connectivity index (χ1v) is 9.30. The number of piperazine rings is 1. The van der Waals surface area contributed by atoms with Crippen molar-refractivity contribution < 1.29 is 29.4 Å². The number of rotatable bonds is 5. The molecule has 2 aromatic rings. The third-order valence-corrected chi connectivity index (χ3v) is 5.20. The van der Waals surface area contributed by atoms with E-state index in [2.05, 4.69) is 11.6 Å². The van der Waals surface area contributed by atoms with Crippen molar-refractivity contribution in [3.63, 3.8) is 0 Å². The highest BCUT2D eigenvalue weighted by atomic mass is 16.7. The second-order valence-electron chi connectivity index (χ2n) is 6.93. The van der Waals surface area contributed by atoms with Gasteiger partial charge in [-0.25, -0.2) is 5.48 Å². The van der Waals surface area contributed by atoms with Crippen molar-refractivity contribution in [3.8, 4) is 11.5 Å². The molecule has 0 radical (unpaired) electrons.